The van der Waals surface area contributed by atoms with Gasteiger partial charge in [-0.3, -0.25) is 9.59 Å². The Kier molecular flexibility index (Phi) is 4.52. The molecule has 1 rings (SSSR count). The molecule has 4 nitrogen and oxygen atoms in total. The lowest BCUT2D eigenvalue weighted by Gasteiger charge is -2.14. The molecule has 0 saturated heterocycles. The van der Waals surface area contributed by atoms with Crippen LogP contribution in [0.25, 0.3) is 0 Å². The fourth-order valence-electron chi connectivity index (χ4n) is 1.28. The van der Waals surface area contributed by atoms with Crippen molar-refractivity contribution in [2.75, 3.05) is 5.32 Å². The average Bonchev–Trinajstić information content (AvgIpc) is 2.23. The minimum atomic E-state index is -0.828. The lowest BCUT2D eigenvalue weighted by Crippen LogP contribution is -2.29. The first-order valence-corrected chi connectivity index (χ1v) is 5.53. The molecule has 1 aromatic carbocycles. The van der Waals surface area contributed by atoms with Crippen LogP contribution in [-0.4, -0.2) is 18.0 Å². The summed E-state index contributed by atoms with van der Waals surface area (Å²) in [5.74, 6) is -0.874. The Morgan fingerprint density at radius 1 is 1.41 bits per heavy atom. The molecule has 5 heteroatoms. The zero-order valence-corrected chi connectivity index (χ0v) is 10.7. The van der Waals surface area contributed by atoms with E-state index in [1.807, 2.05) is 0 Å². The van der Waals surface area contributed by atoms with Crippen molar-refractivity contribution in [1.82, 2.24) is 0 Å². The molecule has 1 N–H and O–H groups in total. The minimum Gasteiger partial charge on any atom is -0.453 e. The molecule has 0 fully saturated rings. The van der Waals surface area contributed by atoms with Crippen LogP contribution in [0.15, 0.2) is 18.2 Å². The third-order valence-corrected chi connectivity index (χ3v) is 2.65. The first kappa shape index (κ1) is 13.5. The Morgan fingerprint density at radius 2 is 2.06 bits per heavy atom. The highest BCUT2D eigenvalue weighted by molar-refractivity contribution is 6.31. The van der Waals surface area contributed by atoms with Gasteiger partial charge in [-0.25, -0.2) is 0 Å². The predicted octanol–water partition coefficient (Wildman–Crippen LogP) is 2.54. The number of benzene rings is 1. The van der Waals surface area contributed by atoms with Gasteiger partial charge in [-0.05, 0) is 31.5 Å². The second-order valence-corrected chi connectivity index (χ2v) is 4.06. The van der Waals surface area contributed by atoms with Crippen LogP contribution in [-0.2, 0) is 14.3 Å². The van der Waals surface area contributed by atoms with E-state index in [1.54, 1.807) is 25.1 Å². The average molecular weight is 256 g/mol. The number of carbonyl (C=O) groups excluding carboxylic acids is 2. The largest absolute Gasteiger partial charge is 0.453 e. The summed E-state index contributed by atoms with van der Waals surface area (Å²) in [6.07, 6.45) is -0.828. The first-order chi connectivity index (χ1) is 7.91. The SMILES string of the molecule is CC(=O)O[C@H](C)C(=O)Nc1cccc(Cl)c1C. The van der Waals surface area contributed by atoms with Gasteiger partial charge in [0, 0.05) is 17.6 Å². The zero-order valence-electron chi connectivity index (χ0n) is 9.91. The second kappa shape index (κ2) is 5.68. The van der Waals surface area contributed by atoms with E-state index in [0.29, 0.717) is 10.7 Å². The van der Waals surface area contributed by atoms with Crippen molar-refractivity contribution < 1.29 is 14.3 Å². The smallest absolute Gasteiger partial charge is 0.303 e. The first-order valence-electron chi connectivity index (χ1n) is 5.15. The zero-order chi connectivity index (χ0) is 13.0. The monoisotopic (exact) mass is 255 g/mol. The lowest BCUT2D eigenvalue weighted by atomic mass is 10.2. The second-order valence-electron chi connectivity index (χ2n) is 3.65. The molecular weight excluding hydrogens is 242 g/mol. The molecule has 1 amide bonds. The van der Waals surface area contributed by atoms with Gasteiger partial charge in [0.2, 0.25) is 0 Å². The molecule has 0 bridgehead atoms. The van der Waals surface area contributed by atoms with Gasteiger partial charge in [-0.1, -0.05) is 17.7 Å². The molecule has 0 aliphatic carbocycles. The number of amides is 1. The van der Waals surface area contributed by atoms with Crippen molar-refractivity contribution >= 4 is 29.2 Å². The Morgan fingerprint density at radius 3 is 2.65 bits per heavy atom. The summed E-state index contributed by atoms with van der Waals surface area (Å²) < 4.78 is 4.77. The Hall–Kier alpha value is -1.55. The summed E-state index contributed by atoms with van der Waals surface area (Å²) in [4.78, 5) is 22.4. The van der Waals surface area contributed by atoms with E-state index in [9.17, 15) is 9.59 Å². The number of halogens is 1. The van der Waals surface area contributed by atoms with E-state index in [0.717, 1.165) is 5.56 Å². The highest BCUT2D eigenvalue weighted by atomic mass is 35.5. The molecule has 0 radical (unpaired) electrons. The number of esters is 1. The van der Waals surface area contributed by atoms with Crippen LogP contribution in [0.2, 0.25) is 5.02 Å². The molecule has 0 saturated carbocycles. The van der Waals surface area contributed by atoms with Gasteiger partial charge in [0.05, 0.1) is 0 Å². The van der Waals surface area contributed by atoms with E-state index < -0.39 is 12.1 Å². The fraction of sp³-hybridized carbons (Fsp3) is 0.333. The van der Waals surface area contributed by atoms with Crippen LogP contribution in [0.4, 0.5) is 5.69 Å². The molecule has 0 aliphatic heterocycles. The minimum absolute atomic E-state index is 0.384. The molecule has 1 atom stereocenters. The number of nitrogens with one attached hydrogen (secondary N) is 1. The van der Waals surface area contributed by atoms with E-state index in [2.05, 4.69) is 5.32 Å². The summed E-state index contributed by atoms with van der Waals surface area (Å²) in [6, 6.07) is 5.21. The Labute approximate surface area is 105 Å². The van der Waals surface area contributed by atoms with Crippen molar-refractivity contribution in [2.45, 2.75) is 26.9 Å². The number of rotatable bonds is 3. The van der Waals surface area contributed by atoms with Gasteiger partial charge in [0.25, 0.3) is 5.91 Å². The highest BCUT2D eigenvalue weighted by Crippen LogP contribution is 2.23. The number of hydrogen-bond acceptors (Lipinski definition) is 3. The van der Waals surface area contributed by atoms with E-state index in [1.165, 1.54) is 13.8 Å². The van der Waals surface area contributed by atoms with Gasteiger partial charge in [-0.15, -0.1) is 0 Å². The molecular formula is C12H14ClNO3. The van der Waals surface area contributed by atoms with Crippen LogP contribution in [0, 0.1) is 6.92 Å². The quantitative estimate of drug-likeness (QED) is 0.845. The lowest BCUT2D eigenvalue weighted by molar-refractivity contribution is -0.150. The maximum Gasteiger partial charge on any atom is 0.303 e. The molecule has 17 heavy (non-hydrogen) atoms. The molecule has 0 unspecified atom stereocenters. The van der Waals surface area contributed by atoms with Crippen molar-refractivity contribution in [1.29, 1.82) is 0 Å². The molecule has 0 heterocycles. The normalized spacial score (nSPS) is 11.8. The standard InChI is InChI=1S/C12H14ClNO3/c1-7-10(13)5-4-6-11(7)14-12(16)8(2)17-9(3)15/h4-6,8H,1-3H3,(H,14,16)/t8-/m1/s1. The summed E-state index contributed by atoms with van der Waals surface area (Å²) in [7, 11) is 0. The number of ether oxygens (including phenoxy) is 1. The Balaban J connectivity index is 2.74. The predicted molar refractivity (Wildman–Crippen MR) is 66.0 cm³/mol. The summed E-state index contributed by atoms with van der Waals surface area (Å²) >= 11 is 5.92. The maximum absolute atomic E-state index is 11.7. The highest BCUT2D eigenvalue weighted by Gasteiger charge is 2.16. The third kappa shape index (κ3) is 3.75. The summed E-state index contributed by atoms with van der Waals surface area (Å²) in [5.41, 5.74) is 1.39. The van der Waals surface area contributed by atoms with Crippen LogP contribution in [0.5, 0.6) is 0 Å². The third-order valence-electron chi connectivity index (χ3n) is 2.24. The Bertz CT molecular complexity index is 445. The van der Waals surface area contributed by atoms with Gasteiger partial charge >= 0.3 is 5.97 Å². The summed E-state index contributed by atoms with van der Waals surface area (Å²) in [5, 5.41) is 3.23. The van der Waals surface area contributed by atoms with Crippen molar-refractivity contribution in [2.24, 2.45) is 0 Å². The van der Waals surface area contributed by atoms with Crippen molar-refractivity contribution in [3.63, 3.8) is 0 Å². The number of carbonyl (C=O) groups is 2. The number of hydrogen-bond donors (Lipinski definition) is 1. The van der Waals surface area contributed by atoms with Crippen molar-refractivity contribution in [3.05, 3.63) is 28.8 Å². The van der Waals surface area contributed by atoms with Gasteiger partial charge in [0.15, 0.2) is 6.10 Å². The van der Waals surface area contributed by atoms with Gasteiger partial charge in [0.1, 0.15) is 0 Å². The van der Waals surface area contributed by atoms with Crippen LogP contribution in [0.3, 0.4) is 0 Å². The molecule has 0 spiro atoms. The van der Waals surface area contributed by atoms with Crippen LogP contribution in [0.1, 0.15) is 19.4 Å². The molecule has 1 aromatic rings. The van der Waals surface area contributed by atoms with Crippen molar-refractivity contribution in [3.8, 4) is 0 Å². The van der Waals surface area contributed by atoms with Crippen LogP contribution < -0.4 is 5.32 Å². The van der Waals surface area contributed by atoms with Gasteiger partial charge < -0.3 is 10.1 Å². The molecule has 0 aliphatic rings. The summed E-state index contributed by atoms with van der Waals surface area (Å²) in [6.45, 7) is 4.57. The molecule has 92 valence electrons. The topological polar surface area (TPSA) is 55.4 Å². The number of anilines is 1. The van der Waals surface area contributed by atoms with Gasteiger partial charge in [-0.2, -0.15) is 0 Å². The van der Waals surface area contributed by atoms with E-state index in [4.69, 9.17) is 16.3 Å². The van der Waals surface area contributed by atoms with E-state index in [-0.39, 0.29) is 5.91 Å². The van der Waals surface area contributed by atoms with E-state index >= 15 is 0 Å². The fourth-order valence-corrected chi connectivity index (χ4v) is 1.45. The van der Waals surface area contributed by atoms with Crippen LogP contribution >= 0.6 is 11.6 Å². The maximum atomic E-state index is 11.7. The molecule has 0 aromatic heterocycles.